The minimum atomic E-state index is -3.90. The van der Waals surface area contributed by atoms with Crippen LogP contribution in [0.25, 0.3) is 0 Å². The lowest BCUT2D eigenvalue weighted by Gasteiger charge is -2.35. The number of likely N-dealkylation sites (tertiary alicyclic amines) is 1. The second-order valence-corrected chi connectivity index (χ2v) is 9.60. The van der Waals surface area contributed by atoms with Gasteiger partial charge in [-0.15, -0.1) is 0 Å². The van der Waals surface area contributed by atoms with E-state index in [-0.39, 0.29) is 48.3 Å². The van der Waals surface area contributed by atoms with Crippen molar-refractivity contribution in [1.82, 2.24) is 14.1 Å². The van der Waals surface area contributed by atoms with Crippen molar-refractivity contribution in [2.45, 2.75) is 30.6 Å². The van der Waals surface area contributed by atoms with Gasteiger partial charge in [0, 0.05) is 26.2 Å². The van der Waals surface area contributed by atoms with Crippen LogP contribution in [0.4, 0.5) is 4.39 Å². The second-order valence-electron chi connectivity index (χ2n) is 7.70. The third kappa shape index (κ3) is 3.35. The van der Waals surface area contributed by atoms with Crippen LogP contribution >= 0.6 is 0 Å². The molecule has 1 aromatic carbocycles. The maximum absolute atomic E-state index is 13.9. The van der Waals surface area contributed by atoms with Crippen LogP contribution < -0.4 is 0 Å². The molecule has 28 heavy (non-hydrogen) atoms. The molecule has 1 aliphatic carbocycles. The zero-order valence-corrected chi connectivity index (χ0v) is 16.4. The molecule has 0 aromatic heterocycles. The Morgan fingerprint density at radius 1 is 0.929 bits per heavy atom. The first-order valence-corrected chi connectivity index (χ1v) is 11.2. The molecule has 2 heterocycles. The topological polar surface area (TPSA) is 78.0 Å². The lowest BCUT2D eigenvalue weighted by atomic mass is 9.81. The molecule has 2 atom stereocenters. The highest BCUT2D eigenvalue weighted by Crippen LogP contribution is 2.38. The first kappa shape index (κ1) is 19.5. The summed E-state index contributed by atoms with van der Waals surface area (Å²) in [6.07, 6.45) is 3.53. The summed E-state index contributed by atoms with van der Waals surface area (Å²) in [5, 5.41) is 0. The van der Waals surface area contributed by atoms with E-state index in [1.807, 2.05) is 4.90 Å². The predicted octanol–water partition coefficient (Wildman–Crippen LogP) is 1.26. The van der Waals surface area contributed by atoms with Crippen molar-refractivity contribution in [3.05, 3.63) is 30.1 Å². The molecule has 1 saturated carbocycles. The predicted molar refractivity (Wildman–Crippen MR) is 98.9 cm³/mol. The van der Waals surface area contributed by atoms with Gasteiger partial charge in [-0.2, -0.15) is 4.31 Å². The SMILES string of the molecule is O=C1[C@H]2CCCC[C@H]2C(=O)N1CN1CCN(S(=O)(=O)c2ccccc2F)CC1. The summed E-state index contributed by atoms with van der Waals surface area (Å²) in [6, 6.07) is 5.34. The van der Waals surface area contributed by atoms with Gasteiger partial charge in [0.2, 0.25) is 21.8 Å². The molecular formula is C19H24FN3O4S. The Balaban J connectivity index is 1.39. The van der Waals surface area contributed by atoms with E-state index in [4.69, 9.17) is 0 Å². The van der Waals surface area contributed by atoms with E-state index >= 15 is 0 Å². The summed E-state index contributed by atoms with van der Waals surface area (Å²) in [6.45, 7) is 1.37. The smallest absolute Gasteiger partial charge is 0.246 e. The number of amides is 2. The fourth-order valence-electron chi connectivity index (χ4n) is 4.47. The van der Waals surface area contributed by atoms with Gasteiger partial charge in [0.25, 0.3) is 0 Å². The Bertz CT molecular complexity index is 859. The Morgan fingerprint density at radius 3 is 2.07 bits per heavy atom. The highest BCUT2D eigenvalue weighted by atomic mass is 32.2. The number of carbonyl (C=O) groups excluding carboxylic acids is 2. The summed E-state index contributed by atoms with van der Waals surface area (Å²) in [5.41, 5.74) is 0. The number of hydrogen-bond donors (Lipinski definition) is 0. The van der Waals surface area contributed by atoms with Crippen LogP contribution in [0, 0.1) is 17.7 Å². The third-order valence-corrected chi connectivity index (χ3v) is 7.99. The summed E-state index contributed by atoms with van der Waals surface area (Å²) in [4.78, 5) is 28.1. The Kier molecular flexibility index (Phi) is 5.24. The molecule has 2 aliphatic heterocycles. The molecule has 3 fully saturated rings. The number of halogens is 1. The molecule has 0 unspecified atom stereocenters. The van der Waals surface area contributed by atoms with Gasteiger partial charge in [-0.05, 0) is 25.0 Å². The van der Waals surface area contributed by atoms with Crippen molar-refractivity contribution in [3.63, 3.8) is 0 Å². The maximum atomic E-state index is 13.9. The highest BCUT2D eigenvalue weighted by molar-refractivity contribution is 7.89. The van der Waals surface area contributed by atoms with E-state index in [1.54, 1.807) is 0 Å². The molecule has 0 bridgehead atoms. The van der Waals surface area contributed by atoms with Gasteiger partial charge in [0.05, 0.1) is 18.5 Å². The number of nitrogens with zero attached hydrogens (tertiary/aromatic N) is 3. The molecule has 4 rings (SSSR count). The van der Waals surface area contributed by atoms with E-state index in [1.165, 1.54) is 27.4 Å². The van der Waals surface area contributed by atoms with Gasteiger partial charge in [0.15, 0.2) is 0 Å². The summed E-state index contributed by atoms with van der Waals surface area (Å²) in [5.74, 6) is -1.29. The zero-order valence-electron chi connectivity index (χ0n) is 15.6. The van der Waals surface area contributed by atoms with Gasteiger partial charge >= 0.3 is 0 Å². The molecule has 0 N–H and O–H groups in total. The monoisotopic (exact) mass is 409 g/mol. The molecule has 9 heteroatoms. The largest absolute Gasteiger partial charge is 0.283 e. The molecule has 3 aliphatic rings. The summed E-state index contributed by atoms with van der Waals surface area (Å²) in [7, 11) is -3.90. The number of fused-ring (bicyclic) bond motifs is 1. The van der Waals surface area contributed by atoms with Crippen LogP contribution in [-0.4, -0.2) is 67.2 Å². The molecule has 152 valence electrons. The summed E-state index contributed by atoms with van der Waals surface area (Å²) >= 11 is 0. The molecule has 0 spiro atoms. The number of hydrogen-bond acceptors (Lipinski definition) is 5. The lowest BCUT2D eigenvalue weighted by molar-refractivity contribution is -0.142. The third-order valence-electron chi connectivity index (χ3n) is 6.06. The average molecular weight is 409 g/mol. The highest BCUT2D eigenvalue weighted by Gasteiger charge is 2.48. The van der Waals surface area contributed by atoms with Crippen LogP contribution in [-0.2, 0) is 19.6 Å². The fourth-order valence-corrected chi connectivity index (χ4v) is 5.96. The number of piperazine rings is 1. The van der Waals surface area contributed by atoms with E-state index in [9.17, 15) is 22.4 Å². The molecular weight excluding hydrogens is 385 g/mol. The zero-order chi connectivity index (χ0) is 19.9. The Morgan fingerprint density at radius 2 is 1.50 bits per heavy atom. The van der Waals surface area contributed by atoms with Crippen molar-refractivity contribution in [2.75, 3.05) is 32.8 Å². The van der Waals surface area contributed by atoms with E-state index in [0.29, 0.717) is 13.1 Å². The fraction of sp³-hybridized carbons (Fsp3) is 0.579. The lowest BCUT2D eigenvalue weighted by Crippen LogP contribution is -2.52. The standard InChI is InChI=1S/C19H24FN3O4S/c20-16-7-3-4-8-17(16)28(26,27)22-11-9-21(10-12-22)13-23-18(24)14-5-1-2-6-15(14)19(23)25/h3-4,7-8,14-15H,1-2,5-6,9-13H2/t14-,15+. The first-order valence-electron chi connectivity index (χ1n) is 9.72. The van der Waals surface area contributed by atoms with Crippen molar-refractivity contribution >= 4 is 21.8 Å². The van der Waals surface area contributed by atoms with Crippen molar-refractivity contribution in [2.24, 2.45) is 11.8 Å². The van der Waals surface area contributed by atoms with Crippen molar-refractivity contribution in [3.8, 4) is 0 Å². The van der Waals surface area contributed by atoms with Gasteiger partial charge in [-0.1, -0.05) is 25.0 Å². The molecule has 1 aromatic rings. The number of sulfonamides is 1. The maximum Gasteiger partial charge on any atom is 0.246 e. The van der Waals surface area contributed by atoms with Gasteiger partial charge in [0.1, 0.15) is 10.7 Å². The quantitative estimate of drug-likeness (QED) is 0.700. The molecule has 2 saturated heterocycles. The Hall–Kier alpha value is -1.84. The second kappa shape index (κ2) is 7.53. The number of benzene rings is 1. The van der Waals surface area contributed by atoms with Crippen LogP contribution in [0.15, 0.2) is 29.2 Å². The van der Waals surface area contributed by atoms with Gasteiger partial charge in [-0.25, -0.2) is 12.8 Å². The minimum Gasteiger partial charge on any atom is -0.283 e. The van der Waals surface area contributed by atoms with Crippen LogP contribution in [0.5, 0.6) is 0 Å². The molecule has 2 amide bonds. The van der Waals surface area contributed by atoms with E-state index in [2.05, 4.69) is 0 Å². The van der Waals surface area contributed by atoms with Crippen LogP contribution in [0.3, 0.4) is 0 Å². The Labute approximate surface area is 164 Å². The average Bonchev–Trinajstić information content (AvgIpc) is 2.94. The number of rotatable bonds is 4. The number of imide groups is 1. The van der Waals surface area contributed by atoms with Gasteiger partial charge in [-0.3, -0.25) is 19.4 Å². The number of carbonyl (C=O) groups is 2. The van der Waals surface area contributed by atoms with E-state index in [0.717, 1.165) is 31.7 Å². The molecule has 0 radical (unpaired) electrons. The van der Waals surface area contributed by atoms with Crippen LogP contribution in [0.2, 0.25) is 0 Å². The normalized spacial score (nSPS) is 27.2. The molecule has 7 nitrogen and oxygen atoms in total. The van der Waals surface area contributed by atoms with Crippen molar-refractivity contribution in [1.29, 1.82) is 0 Å². The minimum absolute atomic E-state index is 0.0869. The van der Waals surface area contributed by atoms with Crippen LogP contribution in [0.1, 0.15) is 25.7 Å². The van der Waals surface area contributed by atoms with E-state index < -0.39 is 15.8 Å². The first-order chi connectivity index (χ1) is 13.4. The van der Waals surface area contributed by atoms with Gasteiger partial charge < -0.3 is 0 Å². The van der Waals surface area contributed by atoms with Crippen molar-refractivity contribution < 1.29 is 22.4 Å². The summed E-state index contributed by atoms with van der Waals surface area (Å²) < 4.78 is 40.5.